The van der Waals surface area contributed by atoms with Crippen LogP contribution in [0.15, 0.2) is 24.4 Å². The monoisotopic (exact) mass is 373 g/mol. The van der Waals surface area contributed by atoms with E-state index in [1.54, 1.807) is 18.0 Å². The maximum atomic E-state index is 12.4. The Kier molecular flexibility index (Phi) is 5.66. The van der Waals surface area contributed by atoms with Crippen LogP contribution in [0.25, 0.3) is 10.7 Å². The Morgan fingerprint density at radius 1 is 1.27 bits per heavy atom. The number of pyridine rings is 1. The van der Waals surface area contributed by atoms with Crippen LogP contribution < -0.4 is 0 Å². The minimum absolute atomic E-state index is 0.135. The van der Waals surface area contributed by atoms with E-state index in [-0.39, 0.29) is 12.5 Å². The zero-order valence-corrected chi connectivity index (χ0v) is 16.1. The molecular weight excluding hydrogens is 350 g/mol. The summed E-state index contributed by atoms with van der Waals surface area (Å²) in [5.74, 6) is 0.309. The predicted molar refractivity (Wildman–Crippen MR) is 99.9 cm³/mol. The average molecular weight is 373 g/mol. The first-order valence-electron chi connectivity index (χ1n) is 8.77. The van der Waals surface area contributed by atoms with E-state index in [0.717, 1.165) is 19.5 Å². The van der Waals surface area contributed by atoms with Gasteiger partial charge in [-0.15, -0.1) is 11.3 Å². The molecule has 0 aliphatic carbocycles. The summed E-state index contributed by atoms with van der Waals surface area (Å²) in [5, 5.41) is 0.667. The molecule has 0 radical (unpaired) electrons. The first-order valence-corrected chi connectivity index (χ1v) is 9.59. The van der Waals surface area contributed by atoms with E-state index in [4.69, 9.17) is 4.74 Å². The number of amides is 1. The van der Waals surface area contributed by atoms with Gasteiger partial charge in [-0.25, -0.2) is 9.78 Å². The summed E-state index contributed by atoms with van der Waals surface area (Å²) >= 11 is 1.24. The van der Waals surface area contributed by atoms with E-state index < -0.39 is 5.97 Å². The summed E-state index contributed by atoms with van der Waals surface area (Å²) in [6.45, 7) is 7.27. The summed E-state index contributed by atoms with van der Waals surface area (Å²) in [7, 11) is 0. The van der Waals surface area contributed by atoms with Crippen LogP contribution in [0.1, 0.15) is 35.6 Å². The number of carbonyl (C=O) groups is 2. The number of aryl methyl sites for hydroxylation is 1. The number of piperidine rings is 1. The van der Waals surface area contributed by atoms with Crippen molar-refractivity contribution in [3.8, 4) is 10.7 Å². The molecule has 2 aromatic heterocycles. The number of esters is 1. The highest BCUT2D eigenvalue weighted by Gasteiger charge is 2.26. The molecule has 0 aromatic carbocycles. The van der Waals surface area contributed by atoms with Gasteiger partial charge in [0.2, 0.25) is 0 Å². The Bertz CT molecular complexity index is 781. The van der Waals surface area contributed by atoms with Gasteiger partial charge in [0, 0.05) is 19.3 Å². The zero-order chi connectivity index (χ0) is 18.7. The fourth-order valence-corrected chi connectivity index (χ4v) is 4.27. The van der Waals surface area contributed by atoms with Gasteiger partial charge in [-0.3, -0.25) is 9.78 Å². The molecule has 2 atom stereocenters. The molecule has 138 valence electrons. The Morgan fingerprint density at radius 3 is 2.65 bits per heavy atom. The summed E-state index contributed by atoms with van der Waals surface area (Å²) in [6.07, 6.45) is 2.81. The number of hydrogen-bond acceptors (Lipinski definition) is 6. The number of nitrogens with zero attached hydrogens (tertiary/aromatic N) is 3. The van der Waals surface area contributed by atoms with Gasteiger partial charge >= 0.3 is 5.97 Å². The van der Waals surface area contributed by atoms with Gasteiger partial charge in [-0.05, 0) is 37.3 Å². The molecule has 3 rings (SSSR count). The second kappa shape index (κ2) is 7.95. The minimum atomic E-state index is -0.506. The van der Waals surface area contributed by atoms with Crippen molar-refractivity contribution in [2.24, 2.45) is 11.8 Å². The maximum absolute atomic E-state index is 12.4. The molecule has 26 heavy (non-hydrogen) atoms. The van der Waals surface area contributed by atoms with E-state index in [2.05, 4.69) is 23.8 Å². The Balaban J connectivity index is 1.62. The van der Waals surface area contributed by atoms with Crippen molar-refractivity contribution < 1.29 is 14.3 Å². The third-order valence-corrected chi connectivity index (χ3v) is 5.57. The third-order valence-electron chi connectivity index (χ3n) is 4.41. The van der Waals surface area contributed by atoms with Gasteiger partial charge in [0.15, 0.2) is 6.61 Å². The molecule has 1 aliphatic rings. The first kappa shape index (κ1) is 18.5. The van der Waals surface area contributed by atoms with Gasteiger partial charge in [-0.1, -0.05) is 19.9 Å². The number of hydrogen-bond donors (Lipinski definition) is 0. The van der Waals surface area contributed by atoms with Crippen molar-refractivity contribution in [3.05, 3.63) is 35.0 Å². The van der Waals surface area contributed by atoms with E-state index >= 15 is 0 Å². The summed E-state index contributed by atoms with van der Waals surface area (Å²) < 4.78 is 5.26. The molecule has 3 heterocycles. The highest BCUT2D eigenvalue weighted by molar-refractivity contribution is 7.17. The topological polar surface area (TPSA) is 72.4 Å². The van der Waals surface area contributed by atoms with Gasteiger partial charge in [0.05, 0.1) is 11.4 Å². The molecule has 1 aliphatic heterocycles. The lowest BCUT2D eigenvalue weighted by Gasteiger charge is -2.34. The van der Waals surface area contributed by atoms with Crippen LogP contribution in [-0.2, 0) is 9.53 Å². The molecule has 1 amide bonds. The fourth-order valence-electron chi connectivity index (χ4n) is 3.34. The van der Waals surface area contributed by atoms with E-state index in [1.165, 1.54) is 11.3 Å². The summed E-state index contributed by atoms with van der Waals surface area (Å²) in [6, 6.07) is 5.54. The number of rotatable bonds is 4. The standard InChI is InChI=1S/C19H23N3O3S/c1-12-8-13(2)10-22(9-12)16(23)11-25-19(24)17-14(3)21-18(26-17)15-6-4-5-7-20-15/h4-7,12-13H,8-11H2,1-3H3/t12-,13-/m0/s1. The van der Waals surface area contributed by atoms with Crippen LogP contribution in [0.3, 0.4) is 0 Å². The molecule has 0 N–H and O–H groups in total. The van der Waals surface area contributed by atoms with E-state index in [9.17, 15) is 9.59 Å². The number of carbonyl (C=O) groups excluding carboxylic acids is 2. The minimum Gasteiger partial charge on any atom is -0.451 e. The van der Waals surface area contributed by atoms with Crippen LogP contribution in [0.2, 0.25) is 0 Å². The normalized spacial score (nSPS) is 20.0. The van der Waals surface area contributed by atoms with Gasteiger partial charge in [0.1, 0.15) is 9.88 Å². The van der Waals surface area contributed by atoms with Crippen molar-refractivity contribution in [2.45, 2.75) is 27.2 Å². The second-order valence-electron chi connectivity index (χ2n) is 6.97. The highest BCUT2D eigenvalue weighted by atomic mass is 32.1. The number of aromatic nitrogens is 2. The van der Waals surface area contributed by atoms with Crippen LogP contribution in [-0.4, -0.2) is 46.4 Å². The second-order valence-corrected chi connectivity index (χ2v) is 7.97. The smallest absolute Gasteiger partial charge is 0.350 e. The summed E-state index contributed by atoms with van der Waals surface area (Å²) in [5.41, 5.74) is 1.31. The Labute approximate surface area is 157 Å². The number of likely N-dealkylation sites (tertiary alicyclic amines) is 1. The van der Waals surface area contributed by atoms with Crippen molar-refractivity contribution in [2.75, 3.05) is 19.7 Å². The molecule has 0 saturated carbocycles. The molecule has 1 fully saturated rings. The zero-order valence-electron chi connectivity index (χ0n) is 15.3. The maximum Gasteiger partial charge on any atom is 0.350 e. The predicted octanol–water partition coefficient (Wildman–Crippen LogP) is 3.17. The van der Waals surface area contributed by atoms with Crippen molar-refractivity contribution in [1.82, 2.24) is 14.9 Å². The molecule has 2 aromatic rings. The van der Waals surface area contributed by atoms with Crippen LogP contribution in [0.5, 0.6) is 0 Å². The highest BCUT2D eigenvalue weighted by Crippen LogP contribution is 2.27. The van der Waals surface area contributed by atoms with Gasteiger partial charge in [0.25, 0.3) is 5.91 Å². The van der Waals surface area contributed by atoms with Crippen molar-refractivity contribution in [1.29, 1.82) is 0 Å². The molecule has 7 heteroatoms. The average Bonchev–Trinajstić information content (AvgIpc) is 3.01. The number of ether oxygens (including phenoxy) is 1. The molecule has 0 spiro atoms. The quantitative estimate of drug-likeness (QED) is 0.770. The molecule has 0 bridgehead atoms. The van der Waals surface area contributed by atoms with Gasteiger partial charge in [-0.2, -0.15) is 0 Å². The van der Waals surface area contributed by atoms with Gasteiger partial charge < -0.3 is 9.64 Å². The molecule has 0 unspecified atom stereocenters. The molecular formula is C19H23N3O3S. The van der Waals surface area contributed by atoms with E-state index in [0.29, 0.717) is 33.1 Å². The fraction of sp³-hybridized carbons (Fsp3) is 0.474. The Hall–Kier alpha value is -2.28. The molecule has 1 saturated heterocycles. The van der Waals surface area contributed by atoms with Crippen LogP contribution in [0, 0.1) is 18.8 Å². The van der Waals surface area contributed by atoms with Crippen molar-refractivity contribution in [3.63, 3.8) is 0 Å². The largest absolute Gasteiger partial charge is 0.451 e. The number of thiazole rings is 1. The summed E-state index contributed by atoms with van der Waals surface area (Å²) in [4.78, 5) is 35.6. The lowest BCUT2D eigenvalue weighted by atomic mass is 9.92. The van der Waals surface area contributed by atoms with Crippen LogP contribution in [0.4, 0.5) is 0 Å². The van der Waals surface area contributed by atoms with Crippen LogP contribution >= 0.6 is 11.3 Å². The van der Waals surface area contributed by atoms with Crippen molar-refractivity contribution >= 4 is 23.2 Å². The lowest BCUT2D eigenvalue weighted by molar-refractivity contribution is -0.137. The Morgan fingerprint density at radius 2 is 2.00 bits per heavy atom. The van der Waals surface area contributed by atoms with E-state index in [1.807, 2.05) is 18.2 Å². The first-order chi connectivity index (χ1) is 12.4. The SMILES string of the molecule is Cc1nc(-c2ccccn2)sc1C(=O)OCC(=O)N1C[C@@H](C)C[C@H](C)C1. The third kappa shape index (κ3) is 4.27. The molecule has 6 nitrogen and oxygen atoms in total. The lowest BCUT2D eigenvalue weighted by Crippen LogP contribution is -2.44.